The first-order valence-corrected chi connectivity index (χ1v) is 7.85. The largest absolute Gasteiger partial charge is 0.353 e. The molecule has 0 saturated carbocycles. The standard InChI is InChI=1S/C16H18ClN3O3/c1-16(2)9-20(11-5-3-4-10(17)13(11)16)15(23)14(22)19-7-6-18-12(21)8-19/h3-5H,6-9H2,1-2H3,(H,18,21). The highest BCUT2D eigenvalue weighted by molar-refractivity contribution is 6.41. The fraction of sp³-hybridized carbons (Fsp3) is 0.438. The molecule has 23 heavy (non-hydrogen) atoms. The smallest absolute Gasteiger partial charge is 0.316 e. The fourth-order valence-corrected chi connectivity index (χ4v) is 3.64. The summed E-state index contributed by atoms with van der Waals surface area (Å²) in [5.41, 5.74) is 1.21. The van der Waals surface area contributed by atoms with Crippen LogP contribution in [0, 0.1) is 0 Å². The lowest BCUT2D eigenvalue weighted by Gasteiger charge is -2.28. The Bertz CT molecular complexity index is 702. The van der Waals surface area contributed by atoms with E-state index in [2.05, 4.69) is 5.32 Å². The Labute approximate surface area is 139 Å². The van der Waals surface area contributed by atoms with E-state index in [0.717, 1.165) is 5.56 Å². The fourth-order valence-electron chi connectivity index (χ4n) is 3.21. The molecule has 1 N–H and O–H groups in total. The zero-order chi connectivity index (χ0) is 16.8. The van der Waals surface area contributed by atoms with Gasteiger partial charge >= 0.3 is 11.8 Å². The highest BCUT2D eigenvalue weighted by Gasteiger charge is 2.42. The Morgan fingerprint density at radius 3 is 2.70 bits per heavy atom. The molecule has 3 amide bonds. The summed E-state index contributed by atoms with van der Waals surface area (Å²) >= 11 is 6.29. The average molecular weight is 336 g/mol. The van der Waals surface area contributed by atoms with Crippen LogP contribution >= 0.6 is 11.6 Å². The van der Waals surface area contributed by atoms with Gasteiger partial charge < -0.3 is 15.1 Å². The van der Waals surface area contributed by atoms with Gasteiger partial charge in [-0.15, -0.1) is 0 Å². The molecule has 3 rings (SSSR count). The molecule has 1 aromatic rings. The maximum Gasteiger partial charge on any atom is 0.316 e. The van der Waals surface area contributed by atoms with Gasteiger partial charge in [-0.2, -0.15) is 0 Å². The van der Waals surface area contributed by atoms with Crippen LogP contribution in [0.25, 0.3) is 0 Å². The highest BCUT2D eigenvalue weighted by Crippen LogP contribution is 2.44. The summed E-state index contributed by atoms with van der Waals surface area (Å²) in [6.45, 7) is 5.00. The molecule has 6 nitrogen and oxygen atoms in total. The maximum atomic E-state index is 12.7. The first-order chi connectivity index (χ1) is 10.8. The van der Waals surface area contributed by atoms with Crippen LogP contribution in [0.1, 0.15) is 19.4 Å². The number of hydrogen-bond acceptors (Lipinski definition) is 3. The van der Waals surface area contributed by atoms with Gasteiger partial charge in [0.25, 0.3) is 0 Å². The zero-order valence-corrected chi connectivity index (χ0v) is 13.8. The number of halogens is 1. The van der Waals surface area contributed by atoms with Gasteiger partial charge in [0, 0.05) is 41.3 Å². The summed E-state index contributed by atoms with van der Waals surface area (Å²) in [4.78, 5) is 39.3. The molecule has 7 heteroatoms. The van der Waals surface area contributed by atoms with Gasteiger partial charge in [-0.25, -0.2) is 0 Å². The lowest BCUT2D eigenvalue weighted by molar-refractivity contribution is -0.147. The summed E-state index contributed by atoms with van der Waals surface area (Å²) in [5.74, 6) is -1.51. The van der Waals surface area contributed by atoms with Crippen LogP contribution in [-0.4, -0.2) is 48.8 Å². The van der Waals surface area contributed by atoms with E-state index in [1.807, 2.05) is 13.8 Å². The highest BCUT2D eigenvalue weighted by atomic mass is 35.5. The summed E-state index contributed by atoms with van der Waals surface area (Å²) < 4.78 is 0. The number of nitrogens with zero attached hydrogens (tertiary/aromatic N) is 2. The summed E-state index contributed by atoms with van der Waals surface area (Å²) in [7, 11) is 0. The molecular weight excluding hydrogens is 318 g/mol. The van der Waals surface area contributed by atoms with E-state index >= 15 is 0 Å². The number of amides is 3. The second-order valence-corrected chi connectivity index (χ2v) is 6.89. The van der Waals surface area contributed by atoms with Crippen molar-refractivity contribution in [2.75, 3.05) is 31.1 Å². The Morgan fingerprint density at radius 2 is 2.00 bits per heavy atom. The molecule has 122 valence electrons. The number of rotatable bonds is 0. The predicted molar refractivity (Wildman–Crippen MR) is 86.4 cm³/mol. The third-order valence-electron chi connectivity index (χ3n) is 4.27. The van der Waals surface area contributed by atoms with Gasteiger partial charge in [0.05, 0.1) is 0 Å². The molecule has 0 radical (unpaired) electrons. The van der Waals surface area contributed by atoms with Crippen LogP contribution in [0.3, 0.4) is 0 Å². The predicted octanol–water partition coefficient (Wildman–Crippen LogP) is 0.923. The lowest BCUT2D eigenvalue weighted by atomic mass is 9.87. The monoisotopic (exact) mass is 335 g/mol. The first kappa shape index (κ1) is 15.8. The Hall–Kier alpha value is -2.08. The second kappa shape index (κ2) is 5.53. The van der Waals surface area contributed by atoms with E-state index < -0.39 is 11.8 Å². The van der Waals surface area contributed by atoms with Crippen molar-refractivity contribution in [3.05, 3.63) is 28.8 Å². The second-order valence-electron chi connectivity index (χ2n) is 6.49. The molecule has 0 aromatic heterocycles. The minimum atomic E-state index is -0.650. The third-order valence-corrected chi connectivity index (χ3v) is 4.58. The van der Waals surface area contributed by atoms with E-state index in [1.54, 1.807) is 18.2 Å². The van der Waals surface area contributed by atoms with Crippen molar-refractivity contribution in [1.82, 2.24) is 10.2 Å². The minimum Gasteiger partial charge on any atom is -0.353 e. The molecule has 1 fully saturated rings. The van der Waals surface area contributed by atoms with Crippen molar-refractivity contribution >= 4 is 35.0 Å². The van der Waals surface area contributed by atoms with Crippen molar-refractivity contribution in [3.63, 3.8) is 0 Å². The molecule has 0 atom stereocenters. The number of carbonyl (C=O) groups is 3. The molecule has 2 aliphatic heterocycles. The molecule has 0 unspecified atom stereocenters. The van der Waals surface area contributed by atoms with Crippen LogP contribution in [-0.2, 0) is 19.8 Å². The minimum absolute atomic E-state index is 0.0792. The normalized spacial score (nSPS) is 19.3. The van der Waals surface area contributed by atoms with E-state index in [4.69, 9.17) is 11.6 Å². The van der Waals surface area contributed by atoms with Gasteiger partial charge in [0.15, 0.2) is 0 Å². The summed E-state index contributed by atoms with van der Waals surface area (Å²) in [5, 5.41) is 3.23. The zero-order valence-electron chi connectivity index (χ0n) is 13.1. The van der Waals surface area contributed by atoms with Crippen LogP contribution in [0.2, 0.25) is 5.02 Å². The van der Waals surface area contributed by atoms with Crippen molar-refractivity contribution in [2.24, 2.45) is 0 Å². The average Bonchev–Trinajstić information content (AvgIpc) is 2.78. The van der Waals surface area contributed by atoms with Crippen LogP contribution in [0.4, 0.5) is 5.69 Å². The molecule has 2 heterocycles. The van der Waals surface area contributed by atoms with Gasteiger partial charge in [-0.05, 0) is 12.1 Å². The van der Waals surface area contributed by atoms with E-state index in [0.29, 0.717) is 30.3 Å². The van der Waals surface area contributed by atoms with Crippen molar-refractivity contribution in [1.29, 1.82) is 0 Å². The summed E-state index contributed by atoms with van der Waals surface area (Å²) in [6.07, 6.45) is 0. The number of fused-ring (bicyclic) bond motifs is 1. The van der Waals surface area contributed by atoms with Gasteiger partial charge in [-0.1, -0.05) is 31.5 Å². The number of hydrogen-bond donors (Lipinski definition) is 1. The Balaban J connectivity index is 1.88. The third kappa shape index (κ3) is 2.67. The maximum absolute atomic E-state index is 12.7. The molecular formula is C16H18ClN3O3. The molecule has 1 saturated heterocycles. The van der Waals surface area contributed by atoms with Crippen LogP contribution in [0.15, 0.2) is 18.2 Å². The molecule has 2 aliphatic rings. The van der Waals surface area contributed by atoms with E-state index in [9.17, 15) is 14.4 Å². The van der Waals surface area contributed by atoms with Gasteiger partial charge in [0.1, 0.15) is 6.54 Å². The molecule has 0 spiro atoms. The van der Waals surface area contributed by atoms with Crippen molar-refractivity contribution in [3.8, 4) is 0 Å². The topological polar surface area (TPSA) is 69.7 Å². The molecule has 0 aliphatic carbocycles. The lowest BCUT2D eigenvalue weighted by Crippen LogP contribution is -2.54. The molecule has 0 bridgehead atoms. The SMILES string of the molecule is CC1(C)CN(C(=O)C(=O)N2CCNC(=O)C2)c2cccc(Cl)c21. The van der Waals surface area contributed by atoms with Crippen molar-refractivity contribution in [2.45, 2.75) is 19.3 Å². The number of anilines is 1. The number of piperazine rings is 1. The summed E-state index contributed by atoms with van der Waals surface area (Å²) in [6, 6.07) is 5.35. The van der Waals surface area contributed by atoms with Crippen LogP contribution < -0.4 is 10.2 Å². The quantitative estimate of drug-likeness (QED) is 0.717. The van der Waals surface area contributed by atoms with E-state index in [1.165, 1.54) is 9.80 Å². The number of nitrogens with one attached hydrogen (secondary N) is 1. The molecule has 1 aromatic carbocycles. The van der Waals surface area contributed by atoms with Gasteiger partial charge in [-0.3, -0.25) is 14.4 Å². The Morgan fingerprint density at radius 1 is 1.26 bits per heavy atom. The van der Waals surface area contributed by atoms with Crippen LogP contribution in [0.5, 0.6) is 0 Å². The van der Waals surface area contributed by atoms with E-state index in [-0.39, 0.29) is 17.9 Å². The van der Waals surface area contributed by atoms with Gasteiger partial charge in [0.2, 0.25) is 5.91 Å². The number of carbonyl (C=O) groups excluding carboxylic acids is 3. The van der Waals surface area contributed by atoms with Crippen molar-refractivity contribution < 1.29 is 14.4 Å². The number of benzene rings is 1. The Kier molecular flexibility index (Phi) is 3.80. The first-order valence-electron chi connectivity index (χ1n) is 7.48.